The molecule has 0 radical (unpaired) electrons. The first kappa shape index (κ1) is 10.9. The molecule has 0 aliphatic rings. The number of pyridine rings is 1. The molecule has 18 heavy (non-hydrogen) atoms. The Bertz CT molecular complexity index is 653. The molecular formula is C12H14N6. The number of hydrogen-bond acceptors (Lipinski definition) is 4. The second-order valence-electron chi connectivity index (χ2n) is 4.09. The summed E-state index contributed by atoms with van der Waals surface area (Å²) in [6.07, 6.45) is 3.76. The molecule has 6 nitrogen and oxygen atoms in total. The van der Waals surface area contributed by atoms with Gasteiger partial charge in [-0.05, 0) is 18.2 Å². The number of nitrogens with one attached hydrogen (secondary N) is 1. The van der Waals surface area contributed by atoms with Crippen molar-refractivity contribution in [3.8, 4) is 0 Å². The van der Waals surface area contributed by atoms with Gasteiger partial charge in [-0.15, -0.1) is 10.2 Å². The van der Waals surface area contributed by atoms with Crippen molar-refractivity contribution in [2.45, 2.75) is 13.1 Å². The highest BCUT2D eigenvalue weighted by atomic mass is 15.3. The molecule has 3 rings (SSSR count). The van der Waals surface area contributed by atoms with Crippen molar-refractivity contribution in [3.05, 3.63) is 48.2 Å². The predicted octanol–water partition coefficient (Wildman–Crippen LogP) is 0.753. The lowest BCUT2D eigenvalue weighted by Crippen LogP contribution is -2.17. The second-order valence-corrected chi connectivity index (χ2v) is 4.09. The van der Waals surface area contributed by atoms with Crippen molar-refractivity contribution < 1.29 is 0 Å². The highest BCUT2D eigenvalue weighted by Crippen LogP contribution is 2.03. The summed E-state index contributed by atoms with van der Waals surface area (Å²) in [6.45, 7) is 1.44. The van der Waals surface area contributed by atoms with Crippen molar-refractivity contribution in [1.82, 2.24) is 29.7 Å². The SMILES string of the molecule is Cn1nccc1CNCc1nnc2ccccn12. The Morgan fingerprint density at radius 1 is 1.17 bits per heavy atom. The van der Waals surface area contributed by atoms with E-state index in [9.17, 15) is 0 Å². The minimum atomic E-state index is 0.677. The van der Waals surface area contributed by atoms with Gasteiger partial charge in [0.2, 0.25) is 0 Å². The third-order valence-electron chi connectivity index (χ3n) is 2.90. The average molecular weight is 242 g/mol. The fourth-order valence-electron chi connectivity index (χ4n) is 1.89. The molecule has 92 valence electrons. The van der Waals surface area contributed by atoms with Gasteiger partial charge in [0.15, 0.2) is 11.5 Å². The maximum Gasteiger partial charge on any atom is 0.160 e. The van der Waals surface area contributed by atoms with Gasteiger partial charge in [0, 0.05) is 26.0 Å². The lowest BCUT2D eigenvalue weighted by molar-refractivity contribution is 0.608. The van der Waals surface area contributed by atoms with Crippen LogP contribution in [0.1, 0.15) is 11.5 Å². The second kappa shape index (κ2) is 4.58. The first-order valence-electron chi connectivity index (χ1n) is 5.81. The molecule has 0 amide bonds. The molecule has 0 atom stereocenters. The first-order valence-corrected chi connectivity index (χ1v) is 5.81. The number of rotatable bonds is 4. The van der Waals surface area contributed by atoms with E-state index in [0.29, 0.717) is 6.54 Å². The normalized spacial score (nSPS) is 11.2. The van der Waals surface area contributed by atoms with Gasteiger partial charge in [-0.25, -0.2) is 0 Å². The highest BCUT2D eigenvalue weighted by molar-refractivity contribution is 5.36. The summed E-state index contributed by atoms with van der Waals surface area (Å²) in [5, 5.41) is 15.7. The Morgan fingerprint density at radius 3 is 2.94 bits per heavy atom. The fraction of sp³-hybridized carbons (Fsp3) is 0.250. The van der Waals surface area contributed by atoms with E-state index in [1.807, 2.05) is 46.6 Å². The van der Waals surface area contributed by atoms with Gasteiger partial charge in [-0.3, -0.25) is 9.08 Å². The van der Waals surface area contributed by atoms with Crippen LogP contribution in [0.25, 0.3) is 5.65 Å². The molecule has 0 saturated heterocycles. The molecule has 0 bridgehead atoms. The minimum absolute atomic E-state index is 0.677. The molecule has 0 fully saturated rings. The zero-order chi connectivity index (χ0) is 12.4. The lowest BCUT2D eigenvalue weighted by atomic mass is 10.4. The Hall–Kier alpha value is -2.21. The summed E-state index contributed by atoms with van der Waals surface area (Å²) in [7, 11) is 1.93. The number of nitrogens with zero attached hydrogens (tertiary/aromatic N) is 5. The maximum absolute atomic E-state index is 4.16. The predicted molar refractivity (Wildman–Crippen MR) is 66.7 cm³/mol. The molecular weight excluding hydrogens is 228 g/mol. The largest absolute Gasteiger partial charge is 0.304 e. The fourth-order valence-corrected chi connectivity index (χ4v) is 1.89. The van der Waals surface area contributed by atoms with E-state index >= 15 is 0 Å². The summed E-state index contributed by atoms with van der Waals surface area (Å²) in [5.74, 6) is 0.910. The van der Waals surface area contributed by atoms with Crippen LogP contribution < -0.4 is 5.32 Å². The average Bonchev–Trinajstić information content (AvgIpc) is 2.97. The van der Waals surface area contributed by atoms with Crippen molar-refractivity contribution in [1.29, 1.82) is 0 Å². The zero-order valence-corrected chi connectivity index (χ0v) is 10.1. The third kappa shape index (κ3) is 1.98. The smallest absolute Gasteiger partial charge is 0.160 e. The number of fused-ring (bicyclic) bond motifs is 1. The minimum Gasteiger partial charge on any atom is -0.304 e. The van der Waals surface area contributed by atoms with Crippen LogP contribution >= 0.6 is 0 Å². The van der Waals surface area contributed by atoms with Gasteiger partial charge >= 0.3 is 0 Å². The van der Waals surface area contributed by atoms with Crippen LogP contribution in [0.2, 0.25) is 0 Å². The number of aromatic nitrogens is 5. The van der Waals surface area contributed by atoms with Gasteiger partial charge in [0.05, 0.1) is 12.2 Å². The standard InChI is InChI=1S/C12H14N6/c1-17-10(5-6-14-17)8-13-9-12-16-15-11-4-2-3-7-18(11)12/h2-7,13H,8-9H2,1H3. The summed E-state index contributed by atoms with van der Waals surface area (Å²) in [5.41, 5.74) is 2.01. The zero-order valence-electron chi connectivity index (χ0n) is 10.1. The lowest BCUT2D eigenvalue weighted by Gasteiger charge is -2.04. The van der Waals surface area contributed by atoms with Crippen LogP contribution in [0.3, 0.4) is 0 Å². The highest BCUT2D eigenvalue weighted by Gasteiger charge is 2.04. The molecule has 0 aromatic carbocycles. The molecule has 0 aliphatic heterocycles. The molecule has 3 aromatic rings. The van der Waals surface area contributed by atoms with E-state index in [-0.39, 0.29) is 0 Å². The summed E-state index contributed by atoms with van der Waals surface area (Å²) < 4.78 is 3.84. The Labute approximate surface area is 104 Å². The van der Waals surface area contributed by atoms with Crippen LogP contribution in [0.5, 0.6) is 0 Å². The first-order chi connectivity index (χ1) is 8.84. The summed E-state index contributed by atoms with van der Waals surface area (Å²) in [4.78, 5) is 0. The van der Waals surface area contributed by atoms with Gasteiger partial charge in [0.25, 0.3) is 0 Å². The van der Waals surface area contributed by atoms with Crippen molar-refractivity contribution in [3.63, 3.8) is 0 Å². The maximum atomic E-state index is 4.16. The van der Waals surface area contributed by atoms with Crippen molar-refractivity contribution in [2.75, 3.05) is 0 Å². The topological polar surface area (TPSA) is 60.0 Å². The Balaban J connectivity index is 1.68. The van der Waals surface area contributed by atoms with Crippen molar-refractivity contribution in [2.24, 2.45) is 7.05 Å². The van der Waals surface area contributed by atoms with Crippen molar-refractivity contribution >= 4 is 5.65 Å². The molecule has 0 spiro atoms. The van der Waals surface area contributed by atoms with E-state index in [1.54, 1.807) is 6.20 Å². The molecule has 1 N–H and O–H groups in total. The number of aryl methyl sites for hydroxylation is 1. The van der Waals surface area contributed by atoms with E-state index in [4.69, 9.17) is 0 Å². The van der Waals surface area contributed by atoms with Gasteiger partial charge < -0.3 is 5.32 Å². The van der Waals surface area contributed by atoms with Crippen LogP contribution in [0, 0.1) is 0 Å². The summed E-state index contributed by atoms with van der Waals surface area (Å²) >= 11 is 0. The Kier molecular flexibility index (Phi) is 2.77. The Morgan fingerprint density at radius 2 is 2.11 bits per heavy atom. The molecule has 6 heteroatoms. The molecule has 3 heterocycles. The van der Waals surface area contributed by atoms with E-state index < -0.39 is 0 Å². The molecule has 0 unspecified atom stereocenters. The van der Waals surface area contributed by atoms with Gasteiger partial charge in [-0.2, -0.15) is 5.10 Å². The number of hydrogen-bond donors (Lipinski definition) is 1. The van der Waals surface area contributed by atoms with Gasteiger partial charge in [0.1, 0.15) is 0 Å². The summed E-state index contributed by atoms with van der Waals surface area (Å²) in [6, 6.07) is 7.87. The monoisotopic (exact) mass is 242 g/mol. The van der Waals surface area contributed by atoms with Gasteiger partial charge in [-0.1, -0.05) is 6.07 Å². The van der Waals surface area contributed by atoms with E-state index in [2.05, 4.69) is 20.6 Å². The quantitative estimate of drug-likeness (QED) is 0.733. The van der Waals surface area contributed by atoms with E-state index in [1.165, 1.54) is 0 Å². The van der Waals surface area contributed by atoms with Crippen LogP contribution in [-0.4, -0.2) is 24.4 Å². The van der Waals surface area contributed by atoms with Crippen LogP contribution in [-0.2, 0) is 20.1 Å². The molecule has 0 aliphatic carbocycles. The van der Waals surface area contributed by atoms with Crippen LogP contribution in [0.15, 0.2) is 36.7 Å². The van der Waals surface area contributed by atoms with Crippen LogP contribution in [0.4, 0.5) is 0 Å². The van der Waals surface area contributed by atoms with E-state index in [0.717, 1.165) is 23.7 Å². The molecule has 0 saturated carbocycles. The molecule has 3 aromatic heterocycles. The third-order valence-corrected chi connectivity index (χ3v) is 2.90.